The van der Waals surface area contributed by atoms with Crippen LogP contribution in [0.5, 0.6) is 0 Å². The third-order valence-electron chi connectivity index (χ3n) is 6.14. The number of hydrogen-bond donors (Lipinski definition) is 2. The molecule has 36 heavy (non-hydrogen) atoms. The molecule has 2 aromatic carbocycles. The molecule has 188 valence electrons. The molecule has 0 spiro atoms. The summed E-state index contributed by atoms with van der Waals surface area (Å²) in [5.41, 5.74) is 0.505. The lowest BCUT2D eigenvalue weighted by Gasteiger charge is -2.17. The van der Waals surface area contributed by atoms with Gasteiger partial charge in [0.05, 0.1) is 34.8 Å². The van der Waals surface area contributed by atoms with Crippen molar-refractivity contribution in [3.63, 3.8) is 0 Å². The molecule has 2 amide bonds. The van der Waals surface area contributed by atoms with Gasteiger partial charge in [0.1, 0.15) is 0 Å². The number of halogens is 4. The largest absolute Gasteiger partial charge is 0.416 e. The van der Waals surface area contributed by atoms with Gasteiger partial charge in [0.25, 0.3) is 11.1 Å². The molecule has 5 rings (SSSR count). The number of aliphatic hydroxyl groups is 1. The molecule has 1 aromatic heterocycles. The molecule has 2 N–H and O–H groups in total. The molecule has 0 aliphatic carbocycles. The van der Waals surface area contributed by atoms with Crippen molar-refractivity contribution in [2.75, 3.05) is 13.1 Å². The van der Waals surface area contributed by atoms with Crippen molar-refractivity contribution < 1.29 is 27.9 Å². The van der Waals surface area contributed by atoms with E-state index in [4.69, 9.17) is 11.6 Å². The van der Waals surface area contributed by atoms with Gasteiger partial charge in [-0.05, 0) is 59.7 Å². The molecule has 2 saturated heterocycles. The van der Waals surface area contributed by atoms with Crippen molar-refractivity contribution in [1.82, 2.24) is 20.0 Å². The fourth-order valence-corrected chi connectivity index (χ4v) is 5.42. The monoisotopic (exact) mass is 536 g/mol. The van der Waals surface area contributed by atoms with Crippen LogP contribution in [0.15, 0.2) is 47.5 Å². The molecule has 2 fully saturated rings. The number of alkyl halides is 3. The molecule has 3 heterocycles. The number of hydrogen-bond acceptors (Lipinski definition) is 6. The van der Waals surface area contributed by atoms with Crippen molar-refractivity contribution in [3.8, 4) is 0 Å². The lowest BCUT2D eigenvalue weighted by Crippen LogP contribution is -2.39. The summed E-state index contributed by atoms with van der Waals surface area (Å²) in [6.45, 7) is 0.521. The molecule has 2 aliphatic rings. The number of benzene rings is 2. The number of nitrogens with one attached hydrogen (secondary N) is 1. The number of thioether (sulfide) groups is 1. The Labute approximate surface area is 212 Å². The average molecular weight is 537 g/mol. The van der Waals surface area contributed by atoms with Crippen LogP contribution in [-0.4, -0.2) is 56.2 Å². The highest BCUT2D eigenvalue weighted by molar-refractivity contribution is 8.18. The summed E-state index contributed by atoms with van der Waals surface area (Å²) in [4.78, 5) is 26.7. The third kappa shape index (κ3) is 5.01. The quantitative estimate of drug-likeness (QED) is 0.466. The summed E-state index contributed by atoms with van der Waals surface area (Å²) in [5, 5.41) is 17.3. The summed E-state index contributed by atoms with van der Waals surface area (Å²) in [6.07, 6.45) is -1.41. The Morgan fingerprint density at radius 1 is 1.22 bits per heavy atom. The number of nitrogens with zero attached hydrogens (tertiary/aromatic N) is 3. The van der Waals surface area contributed by atoms with E-state index in [0.717, 1.165) is 17.8 Å². The second kappa shape index (κ2) is 9.55. The van der Waals surface area contributed by atoms with Crippen LogP contribution in [0.4, 0.5) is 18.0 Å². The van der Waals surface area contributed by atoms with Gasteiger partial charge in [-0.2, -0.15) is 18.3 Å². The smallest absolute Gasteiger partial charge is 0.392 e. The first-order chi connectivity index (χ1) is 17.1. The Hall–Kier alpha value is -2.86. The standard InChI is InChI=1S/C24H20ClF3N4O3S/c25-16-3-2-14(19(7-16)24(26,27)28)11-32-20-4-1-13(5-15(20)9-30-32)6-21-22(34)31(23(35)36-21)12-17-8-18(33)10-29-17/h1-7,9,17-18,29,33H,8,10-12H2/b21-6-/t17-,18-/m1/s1. The molecular weight excluding hydrogens is 517 g/mol. The summed E-state index contributed by atoms with van der Waals surface area (Å²) in [7, 11) is 0. The fraction of sp³-hybridized carbons (Fsp3) is 0.292. The lowest BCUT2D eigenvalue weighted by molar-refractivity contribution is -0.138. The molecule has 0 radical (unpaired) electrons. The van der Waals surface area contributed by atoms with E-state index in [9.17, 15) is 27.9 Å². The zero-order chi connectivity index (χ0) is 25.6. The van der Waals surface area contributed by atoms with E-state index in [1.54, 1.807) is 30.5 Å². The maximum atomic E-state index is 13.5. The highest BCUT2D eigenvalue weighted by Crippen LogP contribution is 2.35. The average Bonchev–Trinajstić information content (AvgIpc) is 3.48. The van der Waals surface area contributed by atoms with Crippen LogP contribution < -0.4 is 5.32 Å². The van der Waals surface area contributed by atoms with E-state index in [2.05, 4.69) is 10.4 Å². The maximum Gasteiger partial charge on any atom is 0.416 e. The Morgan fingerprint density at radius 2 is 2.03 bits per heavy atom. The van der Waals surface area contributed by atoms with E-state index in [1.807, 2.05) is 0 Å². The topological polar surface area (TPSA) is 87.5 Å². The van der Waals surface area contributed by atoms with Crippen LogP contribution in [0.2, 0.25) is 5.02 Å². The maximum absolute atomic E-state index is 13.5. The van der Waals surface area contributed by atoms with E-state index in [1.165, 1.54) is 21.7 Å². The normalized spacial score (nSPS) is 21.9. The highest BCUT2D eigenvalue weighted by atomic mass is 35.5. The number of aliphatic hydroxyl groups excluding tert-OH is 1. The van der Waals surface area contributed by atoms with Crippen LogP contribution in [0.3, 0.4) is 0 Å². The van der Waals surface area contributed by atoms with E-state index >= 15 is 0 Å². The van der Waals surface area contributed by atoms with Crippen molar-refractivity contribution in [3.05, 3.63) is 69.2 Å². The van der Waals surface area contributed by atoms with Crippen molar-refractivity contribution in [2.45, 2.75) is 31.3 Å². The van der Waals surface area contributed by atoms with Gasteiger partial charge >= 0.3 is 6.18 Å². The van der Waals surface area contributed by atoms with Crippen molar-refractivity contribution in [2.24, 2.45) is 0 Å². The van der Waals surface area contributed by atoms with Gasteiger partial charge in [-0.3, -0.25) is 19.2 Å². The molecule has 0 bridgehead atoms. The molecule has 0 unspecified atom stereocenters. The van der Waals surface area contributed by atoms with Crippen LogP contribution in [0.1, 0.15) is 23.1 Å². The fourth-order valence-electron chi connectivity index (χ4n) is 4.40. The van der Waals surface area contributed by atoms with Crippen molar-refractivity contribution >= 4 is 51.5 Å². The lowest BCUT2D eigenvalue weighted by atomic mass is 10.1. The van der Waals surface area contributed by atoms with Gasteiger partial charge in [0.15, 0.2) is 0 Å². The van der Waals surface area contributed by atoms with Gasteiger partial charge in [-0.15, -0.1) is 0 Å². The number of carbonyl (C=O) groups is 2. The van der Waals surface area contributed by atoms with Gasteiger partial charge in [0, 0.05) is 29.5 Å². The Morgan fingerprint density at radius 3 is 2.75 bits per heavy atom. The number of carbonyl (C=O) groups excluding carboxylic acids is 2. The van der Waals surface area contributed by atoms with Gasteiger partial charge < -0.3 is 10.4 Å². The second-order valence-electron chi connectivity index (χ2n) is 8.71. The summed E-state index contributed by atoms with van der Waals surface area (Å²) in [6, 6.07) is 8.70. The SMILES string of the molecule is O=C1S/C(=C\c2ccc3c(cnn3Cc3ccc(Cl)cc3C(F)(F)F)c2)C(=O)N1C[C@H]1C[C@@H](O)CN1. The predicted octanol–water partition coefficient (Wildman–Crippen LogP) is 4.52. The zero-order valence-electron chi connectivity index (χ0n) is 18.6. The third-order valence-corrected chi connectivity index (χ3v) is 7.28. The first-order valence-corrected chi connectivity index (χ1v) is 12.3. The summed E-state index contributed by atoms with van der Waals surface area (Å²) < 4.78 is 41.9. The minimum absolute atomic E-state index is 0.00236. The Balaban J connectivity index is 1.36. The number of aromatic nitrogens is 2. The minimum Gasteiger partial charge on any atom is -0.392 e. The van der Waals surface area contributed by atoms with Crippen LogP contribution >= 0.6 is 23.4 Å². The zero-order valence-corrected chi connectivity index (χ0v) is 20.2. The molecule has 0 saturated carbocycles. The molecule has 12 heteroatoms. The first kappa shape index (κ1) is 24.8. The molecule has 7 nitrogen and oxygen atoms in total. The number of fused-ring (bicyclic) bond motifs is 1. The number of β-amino-alcohol motifs (C(OH)–C–C–N with tert-alkyl or cyclic N) is 1. The first-order valence-electron chi connectivity index (χ1n) is 11.1. The van der Waals surface area contributed by atoms with Crippen molar-refractivity contribution in [1.29, 1.82) is 0 Å². The van der Waals surface area contributed by atoms with Gasteiger partial charge in [-0.1, -0.05) is 23.7 Å². The van der Waals surface area contributed by atoms with Crippen LogP contribution in [-0.2, 0) is 17.5 Å². The Kier molecular flexibility index (Phi) is 6.58. The highest BCUT2D eigenvalue weighted by Gasteiger charge is 2.38. The molecule has 3 aromatic rings. The predicted molar refractivity (Wildman–Crippen MR) is 130 cm³/mol. The number of amides is 2. The summed E-state index contributed by atoms with van der Waals surface area (Å²) >= 11 is 6.62. The molecule has 2 atom stereocenters. The van der Waals surface area contributed by atoms with Crippen LogP contribution in [0.25, 0.3) is 17.0 Å². The van der Waals surface area contributed by atoms with E-state index in [-0.39, 0.29) is 39.9 Å². The Bertz CT molecular complexity index is 1390. The molecular formula is C24H20ClF3N4O3S. The van der Waals surface area contributed by atoms with E-state index < -0.39 is 23.8 Å². The number of rotatable bonds is 5. The molecule has 2 aliphatic heterocycles. The second-order valence-corrected chi connectivity index (χ2v) is 10.1. The van der Waals surface area contributed by atoms with Crippen LogP contribution in [0, 0.1) is 0 Å². The van der Waals surface area contributed by atoms with E-state index in [0.29, 0.717) is 29.4 Å². The van der Waals surface area contributed by atoms with Gasteiger partial charge in [-0.25, -0.2) is 0 Å². The summed E-state index contributed by atoms with van der Waals surface area (Å²) in [5.74, 6) is -0.397. The minimum atomic E-state index is -4.55. The van der Waals surface area contributed by atoms with Gasteiger partial charge in [0.2, 0.25) is 0 Å². The number of imide groups is 1.